The van der Waals surface area contributed by atoms with Gasteiger partial charge in [0.15, 0.2) is 11.5 Å². The van der Waals surface area contributed by atoms with Crippen molar-refractivity contribution in [1.82, 2.24) is 29.6 Å². The first-order valence-electron chi connectivity index (χ1n) is 15.1. The minimum absolute atomic E-state index is 0.101. The lowest BCUT2D eigenvalue weighted by Gasteiger charge is -2.38. The number of likely N-dealkylation sites (tertiary alicyclic amines) is 1. The monoisotopic (exact) mass is 656 g/mol. The normalized spacial score (nSPS) is 17.0. The van der Waals surface area contributed by atoms with E-state index in [0.29, 0.717) is 81.0 Å². The number of carbonyl (C=O) groups excluding carboxylic acids is 1. The van der Waals surface area contributed by atoms with Crippen LogP contribution in [0.4, 0.5) is 17.2 Å². The molecule has 0 unspecified atom stereocenters. The number of carboxylic acids is 1. The molecule has 2 aliphatic heterocycles. The molecular formula is C33H30Cl2N8O3. The zero-order chi connectivity index (χ0) is 31.8. The van der Waals surface area contributed by atoms with Crippen molar-refractivity contribution in [3.8, 4) is 11.1 Å². The summed E-state index contributed by atoms with van der Waals surface area (Å²) in [6.07, 6.45) is 8.01. The molecule has 1 saturated heterocycles. The van der Waals surface area contributed by atoms with Crippen LogP contribution >= 0.6 is 23.2 Å². The number of piperidine rings is 1. The lowest BCUT2D eigenvalue weighted by atomic mass is 9.93. The molecule has 11 nitrogen and oxygen atoms in total. The first-order chi connectivity index (χ1) is 22.4. The summed E-state index contributed by atoms with van der Waals surface area (Å²) in [4.78, 5) is 40.4. The number of rotatable bonds is 7. The zero-order valence-electron chi connectivity index (χ0n) is 24.7. The van der Waals surface area contributed by atoms with E-state index in [2.05, 4.69) is 35.6 Å². The Morgan fingerprint density at radius 2 is 1.57 bits per heavy atom. The predicted molar refractivity (Wildman–Crippen MR) is 177 cm³/mol. The number of nitrogens with one attached hydrogen (secondary N) is 2. The van der Waals surface area contributed by atoms with Gasteiger partial charge in [-0.2, -0.15) is 5.10 Å². The molecule has 5 aromatic rings. The first kappa shape index (κ1) is 30.1. The number of aliphatic carboxylic acids is 1. The summed E-state index contributed by atoms with van der Waals surface area (Å²) in [5.74, 6) is -0.869. The number of benzene rings is 2. The highest BCUT2D eigenvalue weighted by molar-refractivity contribution is 6.39. The lowest BCUT2D eigenvalue weighted by molar-refractivity contribution is -0.143. The number of carboxylic acid groups (broad SMARTS) is 1. The maximum Gasteiger partial charge on any atom is 0.306 e. The fourth-order valence-corrected chi connectivity index (χ4v) is 6.92. The Morgan fingerprint density at radius 1 is 0.848 bits per heavy atom. The number of anilines is 3. The molecule has 5 heterocycles. The van der Waals surface area contributed by atoms with Crippen LogP contribution in [-0.4, -0.2) is 59.7 Å². The van der Waals surface area contributed by atoms with Gasteiger partial charge >= 0.3 is 5.97 Å². The number of nitrogens with zero attached hydrogens (tertiary/aromatic N) is 6. The number of hydrogen-bond acceptors (Lipinski definition) is 8. The van der Waals surface area contributed by atoms with Crippen molar-refractivity contribution < 1.29 is 14.7 Å². The zero-order valence-corrected chi connectivity index (χ0v) is 26.2. The second kappa shape index (κ2) is 12.7. The maximum absolute atomic E-state index is 13.5. The number of hydrogen-bond donors (Lipinski definition) is 3. The van der Waals surface area contributed by atoms with E-state index in [1.165, 1.54) is 0 Å². The number of fused-ring (bicyclic) bond motifs is 2. The number of aryl methyl sites for hydroxylation is 1. The molecule has 0 bridgehead atoms. The summed E-state index contributed by atoms with van der Waals surface area (Å²) in [6, 6.07) is 14.7. The smallest absolute Gasteiger partial charge is 0.306 e. The van der Waals surface area contributed by atoms with Gasteiger partial charge in [-0.25, -0.2) is 9.97 Å². The quantitative estimate of drug-likeness (QED) is 0.172. The van der Waals surface area contributed by atoms with Crippen LogP contribution in [0, 0.1) is 5.92 Å². The van der Waals surface area contributed by atoms with Gasteiger partial charge in [-0.15, -0.1) is 0 Å². The summed E-state index contributed by atoms with van der Waals surface area (Å²) in [5, 5.41) is 21.0. The molecule has 13 heteroatoms. The second-order valence-corrected chi connectivity index (χ2v) is 12.2. The molecule has 0 spiro atoms. The topological polar surface area (TPSA) is 138 Å². The third kappa shape index (κ3) is 5.77. The Morgan fingerprint density at radius 3 is 2.33 bits per heavy atom. The molecule has 2 aliphatic rings. The second-order valence-electron chi connectivity index (χ2n) is 11.5. The highest BCUT2D eigenvalue weighted by Crippen LogP contribution is 2.41. The summed E-state index contributed by atoms with van der Waals surface area (Å²) in [5.41, 5.74) is 4.96. The van der Waals surface area contributed by atoms with Crippen LogP contribution < -0.4 is 10.6 Å². The number of amides is 1. The molecule has 7 rings (SSSR count). The van der Waals surface area contributed by atoms with Crippen LogP contribution in [-0.2, 0) is 11.3 Å². The number of pyridine rings is 1. The Bertz CT molecular complexity index is 1950. The number of aromatic nitrogens is 5. The largest absolute Gasteiger partial charge is 0.481 e. The summed E-state index contributed by atoms with van der Waals surface area (Å²) >= 11 is 13.8. The molecule has 0 aliphatic carbocycles. The Kier molecular flexibility index (Phi) is 8.29. The molecule has 1 fully saturated rings. The molecule has 0 radical (unpaired) electrons. The standard InChI is InChI=1S/C33H30Cl2N8O3/c34-28-20(4-1-6-22(28)39-31-30-24(9-12-38-31)36-13-14-37-30)21-5-2-7-23(29(21)35)40-32(44)25-18-27-26(8-3-15-43(27)41-25)42-16-10-19(11-17-42)33(45)46/h1-2,4-7,9,12-14,18-19,26H,3,8,10-11,15-17H2,(H,38,39)(H,40,44)(H,45,46)/t26-/m0/s1. The van der Waals surface area contributed by atoms with Gasteiger partial charge in [-0.3, -0.25) is 24.2 Å². The van der Waals surface area contributed by atoms with Gasteiger partial charge in [-0.05, 0) is 63.0 Å². The fraction of sp³-hybridized carbons (Fsp3) is 0.273. The minimum atomic E-state index is -0.727. The molecule has 3 N–H and O–H groups in total. The molecular weight excluding hydrogens is 627 g/mol. The lowest BCUT2D eigenvalue weighted by Crippen LogP contribution is -2.40. The van der Waals surface area contributed by atoms with E-state index in [9.17, 15) is 14.7 Å². The van der Waals surface area contributed by atoms with Gasteiger partial charge in [0.25, 0.3) is 5.91 Å². The van der Waals surface area contributed by atoms with E-state index in [-0.39, 0.29) is 17.9 Å². The third-order valence-corrected chi connectivity index (χ3v) is 9.54. The molecule has 0 saturated carbocycles. The molecule has 234 valence electrons. The van der Waals surface area contributed by atoms with Crippen molar-refractivity contribution in [2.45, 2.75) is 38.3 Å². The third-order valence-electron chi connectivity index (χ3n) is 8.73. The van der Waals surface area contributed by atoms with Gasteiger partial charge < -0.3 is 15.7 Å². The SMILES string of the molecule is O=C(Nc1cccc(-c2cccc(Nc3nccc4nccnc34)c2Cl)c1Cl)c1cc2n(n1)CCC[C@@H]2N1CCC(C(=O)O)CC1. The fourth-order valence-electron chi connectivity index (χ4n) is 6.37. The summed E-state index contributed by atoms with van der Waals surface area (Å²) in [7, 11) is 0. The Labute approximate surface area is 274 Å². The average molecular weight is 658 g/mol. The van der Waals surface area contributed by atoms with Gasteiger partial charge in [0.1, 0.15) is 5.52 Å². The molecule has 1 atom stereocenters. The Hall–Kier alpha value is -4.58. The molecule has 1 amide bonds. The highest BCUT2D eigenvalue weighted by Gasteiger charge is 2.33. The van der Waals surface area contributed by atoms with Gasteiger partial charge in [-0.1, -0.05) is 47.5 Å². The van der Waals surface area contributed by atoms with Crippen LogP contribution in [0.15, 0.2) is 67.1 Å². The molecule has 3 aromatic heterocycles. The van der Waals surface area contributed by atoms with Crippen molar-refractivity contribution in [3.05, 3.63) is 88.6 Å². The van der Waals surface area contributed by atoms with E-state index in [0.717, 1.165) is 25.1 Å². The highest BCUT2D eigenvalue weighted by atomic mass is 35.5. The van der Waals surface area contributed by atoms with Crippen LogP contribution in [0.25, 0.3) is 22.2 Å². The van der Waals surface area contributed by atoms with Gasteiger partial charge in [0, 0.05) is 36.3 Å². The van der Waals surface area contributed by atoms with Crippen molar-refractivity contribution in [3.63, 3.8) is 0 Å². The van der Waals surface area contributed by atoms with Crippen molar-refractivity contribution >= 4 is 63.3 Å². The minimum Gasteiger partial charge on any atom is -0.481 e. The summed E-state index contributed by atoms with van der Waals surface area (Å²) in [6.45, 7) is 2.15. The van der Waals surface area contributed by atoms with Crippen LogP contribution in [0.3, 0.4) is 0 Å². The van der Waals surface area contributed by atoms with E-state index < -0.39 is 5.97 Å². The van der Waals surface area contributed by atoms with Crippen LogP contribution in [0.2, 0.25) is 10.0 Å². The van der Waals surface area contributed by atoms with Crippen molar-refractivity contribution in [2.24, 2.45) is 5.92 Å². The molecule has 2 aromatic carbocycles. The number of halogens is 2. The maximum atomic E-state index is 13.5. The van der Waals surface area contributed by atoms with E-state index in [4.69, 9.17) is 23.2 Å². The van der Waals surface area contributed by atoms with E-state index in [1.54, 1.807) is 30.7 Å². The first-order valence-corrected chi connectivity index (χ1v) is 15.9. The summed E-state index contributed by atoms with van der Waals surface area (Å²) < 4.78 is 1.90. The predicted octanol–water partition coefficient (Wildman–Crippen LogP) is 6.82. The van der Waals surface area contributed by atoms with Gasteiger partial charge in [0.2, 0.25) is 0 Å². The van der Waals surface area contributed by atoms with Crippen LogP contribution in [0.1, 0.15) is 47.9 Å². The van der Waals surface area contributed by atoms with Crippen molar-refractivity contribution in [2.75, 3.05) is 23.7 Å². The Balaban J connectivity index is 1.11. The van der Waals surface area contributed by atoms with Gasteiger partial charge in [0.05, 0.1) is 44.6 Å². The van der Waals surface area contributed by atoms with E-state index in [1.807, 2.05) is 41.1 Å². The molecule has 46 heavy (non-hydrogen) atoms. The number of carbonyl (C=O) groups is 2. The van der Waals surface area contributed by atoms with Crippen LogP contribution in [0.5, 0.6) is 0 Å². The average Bonchev–Trinajstić information content (AvgIpc) is 3.52. The van der Waals surface area contributed by atoms with E-state index >= 15 is 0 Å². The van der Waals surface area contributed by atoms with Crippen molar-refractivity contribution in [1.29, 1.82) is 0 Å².